The molecule has 304 valence electrons. The van der Waals surface area contributed by atoms with Gasteiger partial charge in [0.1, 0.15) is 0 Å². The molecule has 4 heterocycles. The lowest BCUT2D eigenvalue weighted by atomic mass is 10.00. The first-order chi connectivity index (χ1) is 32.2. The molecule has 0 aliphatic carbocycles. The van der Waals surface area contributed by atoms with Crippen LogP contribution in [0.25, 0.3) is 121 Å². The monoisotopic (exact) mass is 846 g/mol. The summed E-state index contributed by atoms with van der Waals surface area (Å²) in [6.45, 7) is 0. The Labute approximate surface area is 379 Å². The van der Waals surface area contributed by atoms with Crippen molar-refractivity contribution in [3.8, 4) is 66.8 Å². The molecule has 0 amide bonds. The van der Waals surface area contributed by atoms with Gasteiger partial charge in [0, 0.05) is 59.2 Å². The van der Waals surface area contributed by atoms with E-state index in [1.807, 2.05) is 11.3 Å². The summed E-state index contributed by atoms with van der Waals surface area (Å²) in [7, 11) is 0. The number of aromatic nitrogens is 4. The van der Waals surface area contributed by atoms with Gasteiger partial charge in [-0.1, -0.05) is 164 Å². The zero-order valence-electron chi connectivity index (χ0n) is 35.1. The van der Waals surface area contributed by atoms with E-state index in [2.05, 4.69) is 240 Å². The van der Waals surface area contributed by atoms with Gasteiger partial charge in [-0.2, -0.15) is 0 Å². The first-order valence-corrected chi connectivity index (χ1v) is 22.8. The highest BCUT2D eigenvalue weighted by Gasteiger charge is 2.20. The quantitative estimate of drug-likeness (QED) is 0.160. The molecule has 0 aliphatic heterocycles. The second kappa shape index (κ2) is 15.2. The SMILES string of the molecule is c1ccc(-c2cccc(-c3cc(-c4ccc(-c5cc6ccccc6s5)cc4)nc(-c4cc(-n5c6ccccc6c6ccccc65)cc(-n5c6ccccc6c6ccccc65)c4)n3)c2)cc1. The largest absolute Gasteiger partial charge is 0.309 e. The lowest BCUT2D eigenvalue weighted by Gasteiger charge is -2.16. The standard InChI is InChI=1S/C60H38N4S/c1-2-15-39(16-3-1)42-18-14-19-43(33-42)53-38-52(40-29-31-41(32-30-40)59-36-44-17-4-13-28-58(44)65-59)61-60(62-53)45-34-46(63-54-24-9-5-20-48(54)49-21-6-10-25-55(49)63)37-47(35-45)64-56-26-11-7-22-50(56)51-23-8-12-27-57(51)64/h1-38H. The van der Waals surface area contributed by atoms with E-state index in [0.717, 1.165) is 72.6 Å². The molecular formula is C60H38N4S. The minimum absolute atomic E-state index is 0.654. The van der Waals surface area contributed by atoms with Crippen molar-refractivity contribution in [1.29, 1.82) is 0 Å². The van der Waals surface area contributed by atoms with E-state index in [-0.39, 0.29) is 0 Å². The molecule has 0 saturated carbocycles. The predicted molar refractivity (Wildman–Crippen MR) is 273 cm³/mol. The third-order valence-corrected chi connectivity index (χ3v) is 13.9. The molecule has 0 fully saturated rings. The fourth-order valence-corrected chi connectivity index (χ4v) is 10.7. The van der Waals surface area contributed by atoms with Crippen LogP contribution in [0, 0.1) is 0 Å². The topological polar surface area (TPSA) is 35.6 Å². The molecule has 0 spiro atoms. The first kappa shape index (κ1) is 37.2. The third kappa shape index (κ3) is 6.36. The maximum Gasteiger partial charge on any atom is 0.160 e. The predicted octanol–water partition coefficient (Wildman–Crippen LogP) is 16.2. The van der Waals surface area contributed by atoms with Crippen LogP contribution in [0.5, 0.6) is 0 Å². The zero-order valence-corrected chi connectivity index (χ0v) is 36.0. The van der Waals surface area contributed by atoms with E-state index in [1.165, 1.54) is 42.1 Å². The van der Waals surface area contributed by atoms with Gasteiger partial charge >= 0.3 is 0 Å². The highest BCUT2D eigenvalue weighted by Crippen LogP contribution is 2.39. The van der Waals surface area contributed by atoms with Crippen LogP contribution in [0.1, 0.15) is 0 Å². The van der Waals surface area contributed by atoms with Crippen molar-refractivity contribution in [3.05, 3.63) is 231 Å². The summed E-state index contributed by atoms with van der Waals surface area (Å²) < 4.78 is 6.08. The normalized spacial score (nSPS) is 11.7. The van der Waals surface area contributed by atoms with Gasteiger partial charge in [-0.05, 0) is 88.8 Å². The van der Waals surface area contributed by atoms with Crippen LogP contribution in [-0.4, -0.2) is 19.1 Å². The number of hydrogen-bond acceptors (Lipinski definition) is 3. The molecule has 0 saturated heterocycles. The smallest absolute Gasteiger partial charge is 0.160 e. The van der Waals surface area contributed by atoms with Crippen molar-refractivity contribution >= 4 is 65.0 Å². The molecule has 4 nitrogen and oxygen atoms in total. The van der Waals surface area contributed by atoms with Gasteiger partial charge < -0.3 is 9.13 Å². The summed E-state index contributed by atoms with van der Waals surface area (Å²) in [6.07, 6.45) is 0. The Bertz CT molecular complexity index is 3680. The van der Waals surface area contributed by atoms with Gasteiger partial charge in [-0.15, -0.1) is 11.3 Å². The van der Waals surface area contributed by atoms with Crippen molar-refractivity contribution < 1.29 is 0 Å². The Morgan fingerprint density at radius 1 is 0.308 bits per heavy atom. The zero-order chi connectivity index (χ0) is 42.8. The van der Waals surface area contributed by atoms with E-state index in [1.54, 1.807) is 0 Å². The van der Waals surface area contributed by atoms with Gasteiger partial charge in [-0.3, -0.25) is 0 Å². The molecule has 0 atom stereocenters. The number of para-hydroxylation sites is 4. The lowest BCUT2D eigenvalue weighted by Crippen LogP contribution is -2.02. The Balaban J connectivity index is 1.06. The van der Waals surface area contributed by atoms with E-state index < -0.39 is 0 Å². The molecule has 0 unspecified atom stereocenters. The second-order valence-corrected chi connectivity index (χ2v) is 17.7. The number of rotatable bonds is 7. The van der Waals surface area contributed by atoms with Crippen molar-refractivity contribution in [3.63, 3.8) is 0 Å². The first-order valence-electron chi connectivity index (χ1n) is 22.0. The molecule has 13 aromatic rings. The molecule has 4 aromatic heterocycles. The summed E-state index contributed by atoms with van der Waals surface area (Å²) in [4.78, 5) is 12.2. The Hall–Kier alpha value is -8.38. The van der Waals surface area contributed by atoms with Crippen LogP contribution in [0.4, 0.5) is 0 Å². The fourth-order valence-electron chi connectivity index (χ4n) is 9.67. The average Bonchev–Trinajstić information content (AvgIpc) is 4.07. The van der Waals surface area contributed by atoms with Gasteiger partial charge in [0.2, 0.25) is 0 Å². The highest BCUT2D eigenvalue weighted by molar-refractivity contribution is 7.22. The van der Waals surface area contributed by atoms with Crippen LogP contribution >= 0.6 is 11.3 Å². The van der Waals surface area contributed by atoms with E-state index in [9.17, 15) is 0 Å². The maximum atomic E-state index is 5.49. The highest BCUT2D eigenvalue weighted by atomic mass is 32.1. The van der Waals surface area contributed by atoms with Gasteiger partial charge in [-0.25, -0.2) is 9.97 Å². The van der Waals surface area contributed by atoms with Crippen LogP contribution < -0.4 is 0 Å². The van der Waals surface area contributed by atoms with Crippen LogP contribution in [0.15, 0.2) is 231 Å². The van der Waals surface area contributed by atoms with Crippen LogP contribution in [-0.2, 0) is 0 Å². The molecule has 13 rings (SSSR count). The molecule has 0 N–H and O–H groups in total. The van der Waals surface area contributed by atoms with Crippen molar-refractivity contribution in [2.45, 2.75) is 0 Å². The number of nitrogens with zero attached hydrogens (tertiary/aromatic N) is 4. The second-order valence-electron chi connectivity index (χ2n) is 16.6. The Morgan fingerprint density at radius 2 is 0.785 bits per heavy atom. The van der Waals surface area contributed by atoms with E-state index in [4.69, 9.17) is 9.97 Å². The summed E-state index contributed by atoms with van der Waals surface area (Å²) in [5, 5.41) is 6.12. The third-order valence-electron chi connectivity index (χ3n) is 12.7. The minimum Gasteiger partial charge on any atom is -0.309 e. The number of benzene rings is 9. The van der Waals surface area contributed by atoms with Crippen molar-refractivity contribution in [2.75, 3.05) is 0 Å². The molecule has 0 bridgehead atoms. The van der Waals surface area contributed by atoms with E-state index >= 15 is 0 Å². The van der Waals surface area contributed by atoms with Gasteiger partial charge in [0.25, 0.3) is 0 Å². The molecule has 0 aliphatic rings. The van der Waals surface area contributed by atoms with Crippen molar-refractivity contribution in [1.82, 2.24) is 19.1 Å². The van der Waals surface area contributed by atoms with Gasteiger partial charge in [0.05, 0.1) is 33.5 Å². The minimum atomic E-state index is 0.654. The lowest BCUT2D eigenvalue weighted by molar-refractivity contribution is 1.12. The maximum absolute atomic E-state index is 5.49. The summed E-state index contributed by atoms with van der Waals surface area (Å²) in [5.41, 5.74) is 14.8. The summed E-state index contributed by atoms with van der Waals surface area (Å²) in [5.74, 6) is 0.654. The molecule has 9 aromatic carbocycles. The summed E-state index contributed by atoms with van der Waals surface area (Å²) in [6, 6.07) is 82.8. The van der Waals surface area contributed by atoms with Crippen molar-refractivity contribution in [2.24, 2.45) is 0 Å². The fraction of sp³-hybridized carbons (Fsp3) is 0. The Kier molecular flexibility index (Phi) is 8.68. The van der Waals surface area contributed by atoms with Crippen LogP contribution in [0.2, 0.25) is 0 Å². The Morgan fingerprint density at radius 3 is 1.37 bits per heavy atom. The number of hydrogen-bond donors (Lipinski definition) is 0. The van der Waals surface area contributed by atoms with Crippen LogP contribution in [0.3, 0.4) is 0 Å². The number of fused-ring (bicyclic) bond motifs is 7. The molecule has 0 radical (unpaired) electrons. The van der Waals surface area contributed by atoms with Gasteiger partial charge in [0.15, 0.2) is 5.82 Å². The average molecular weight is 847 g/mol. The summed E-state index contributed by atoms with van der Waals surface area (Å²) >= 11 is 1.82. The molecule has 65 heavy (non-hydrogen) atoms. The number of thiophene rings is 1. The van der Waals surface area contributed by atoms with E-state index in [0.29, 0.717) is 5.82 Å². The molecular weight excluding hydrogens is 809 g/mol. The molecule has 5 heteroatoms.